The van der Waals surface area contributed by atoms with Gasteiger partial charge >= 0.3 is 0 Å². The first-order chi connectivity index (χ1) is 9.24. The molecule has 2 heterocycles. The largest absolute Gasteiger partial charge is 0.271 e. The lowest BCUT2D eigenvalue weighted by molar-refractivity contribution is 0.498. The average molecular weight is 281 g/mol. The fraction of sp³-hybridized carbons (Fsp3) is 0.417. The third kappa shape index (κ3) is 3.50. The van der Waals surface area contributed by atoms with Crippen LogP contribution in [-0.2, 0) is 13.0 Å². The molecule has 2 aromatic rings. The molecule has 0 spiro atoms. The van der Waals surface area contributed by atoms with Crippen LogP contribution in [0.1, 0.15) is 30.8 Å². The Hall–Kier alpha value is -1.50. The third-order valence-corrected chi connectivity index (χ3v) is 3.10. The van der Waals surface area contributed by atoms with Crippen LogP contribution >= 0.6 is 11.6 Å². The lowest BCUT2D eigenvalue weighted by Crippen LogP contribution is -2.30. The molecule has 0 aliphatic rings. The molecule has 1 atom stereocenters. The van der Waals surface area contributed by atoms with E-state index >= 15 is 0 Å². The van der Waals surface area contributed by atoms with E-state index in [4.69, 9.17) is 17.4 Å². The molecule has 0 bridgehead atoms. The lowest BCUT2D eigenvalue weighted by Gasteiger charge is -2.16. The number of aromatic nitrogens is 4. The van der Waals surface area contributed by atoms with Crippen LogP contribution < -0.4 is 11.3 Å². The number of aryl methyl sites for hydroxylation is 1. The maximum atomic E-state index is 5.78. The highest BCUT2D eigenvalue weighted by molar-refractivity contribution is 6.29. The maximum Gasteiger partial charge on any atom is 0.138 e. The van der Waals surface area contributed by atoms with Gasteiger partial charge in [0.15, 0.2) is 0 Å². The van der Waals surface area contributed by atoms with Gasteiger partial charge in [0, 0.05) is 19.2 Å². The Morgan fingerprint density at radius 1 is 1.42 bits per heavy atom. The Balaban J connectivity index is 2.14. The zero-order valence-electron chi connectivity index (χ0n) is 10.8. The van der Waals surface area contributed by atoms with Gasteiger partial charge in [0.05, 0.1) is 6.04 Å². The summed E-state index contributed by atoms with van der Waals surface area (Å²) in [7, 11) is 0. The fourth-order valence-corrected chi connectivity index (χ4v) is 2.01. The molecule has 3 N–H and O–H groups in total. The zero-order chi connectivity index (χ0) is 13.7. The predicted octanol–water partition coefficient (Wildman–Crippen LogP) is 1.48. The second kappa shape index (κ2) is 6.60. The number of hydrogen-bond acceptors (Lipinski definition) is 5. The monoisotopic (exact) mass is 280 g/mol. The molecule has 2 aromatic heterocycles. The second-order valence-electron chi connectivity index (χ2n) is 4.24. The molecule has 0 saturated heterocycles. The van der Waals surface area contributed by atoms with E-state index in [-0.39, 0.29) is 6.04 Å². The van der Waals surface area contributed by atoms with E-state index < -0.39 is 0 Å². The minimum absolute atomic E-state index is 0.0652. The van der Waals surface area contributed by atoms with Crippen molar-refractivity contribution in [2.75, 3.05) is 0 Å². The Bertz CT molecular complexity index is 509. The van der Waals surface area contributed by atoms with Crippen molar-refractivity contribution >= 4 is 11.6 Å². The van der Waals surface area contributed by atoms with Gasteiger partial charge in [-0.05, 0) is 18.1 Å². The van der Waals surface area contributed by atoms with Gasteiger partial charge in [-0.2, -0.15) is 5.10 Å². The molecular formula is C12H17ClN6. The van der Waals surface area contributed by atoms with E-state index in [2.05, 4.69) is 27.4 Å². The van der Waals surface area contributed by atoms with Crippen molar-refractivity contribution in [1.29, 1.82) is 0 Å². The van der Waals surface area contributed by atoms with Gasteiger partial charge in [-0.15, -0.1) is 0 Å². The first-order valence-electron chi connectivity index (χ1n) is 6.18. The van der Waals surface area contributed by atoms with Crippen molar-refractivity contribution in [2.24, 2.45) is 5.84 Å². The smallest absolute Gasteiger partial charge is 0.138 e. The summed E-state index contributed by atoms with van der Waals surface area (Å²) < 4.78 is 1.90. The van der Waals surface area contributed by atoms with Gasteiger partial charge in [0.2, 0.25) is 0 Å². The molecule has 0 saturated carbocycles. The first kappa shape index (κ1) is 13.9. The van der Waals surface area contributed by atoms with Crippen molar-refractivity contribution in [1.82, 2.24) is 25.2 Å². The maximum absolute atomic E-state index is 5.78. The Labute approximate surface area is 117 Å². The standard InChI is InChI=1S/C12H17ClN6/c1-2-5-19-12(16-8-17-19)6-10(18-14)9-3-4-11(13)15-7-9/h3-4,7-8,10,18H,2,5-6,14H2,1H3. The molecule has 2 rings (SSSR count). The fourth-order valence-electron chi connectivity index (χ4n) is 1.89. The van der Waals surface area contributed by atoms with Crippen molar-refractivity contribution in [2.45, 2.75) is 32.4 Å². The summed E-state index contributed by atoms with van der Waals surface area (Å²) in [6.07, 6.45) is 4.95. The number of nitrogens with two attached hydrogens (primary N) is 1. The number of pyridine rings is 1. The van der Waals surface area contributed by atoms with Crippen LogP contribution in [0.15, 0.2) is 24.7 Å². The van der Waals surface area contributed by atoms with Crippen molar-refractivity contribution in [3.63, 3.8) is 0 Å². The van der Waals surface area contributed by atoms with Crippen LogP contribution in [0.25, 0.3) is 0 Å². The summed E-state index contributed by atoms with van der Waals surface area (Å²) in [5.41, 5.74) is 3.75. The third-order valence-electron chi connectivity index (χ3n) is 2.87. The molecule has 0 aromatic carbocycles. The van der Waals surface area contributed by atoms with Crippen LogP contribution in [0.3, 0.4) is 0 Å². The summed E-state index contributed by atoms with van der Waals surface area (Å²) in [4.78, 5) is 8.34. The molecule has 6 nitrogen and oxygen atoms in total. The number of nitrogens with one attached hydrogen (secondary N) is 1. The van der Waals surface area contributed by atoms with E-state index in [1.165, 1.54) is 0 Å². The molecule has 0 amide bonds. The van der Waals surface area contributed by atoms with E-state index in [0.717, 1.165) is 24.4 Å². The SMILES string of the molecule is CCCn1ncnc1CC(NN)c1ccc(Cl)nc1. The second-order valence-corrected chi connectivity index (χ2v) is 4.62. The average Bonchev–Trinajstić information content (AvgIpc) is 2.85. The summed E-state index contributed by atoms with van der Waals surface area (Å²) >= 11 is 5.78. The minimum Gasteiger partial charge on any atom is -0.271 e. The van der Waals surface area contributed by atoms with Crippen molar-refractivity contribution in [3.05, 3.63) is 41.2 Å². The topological polar surface area (TPSA) is 81.7 Å². The lowest BCUT2D eigenvalue weighted by atomic mass is 10.1. The van der Waals surface area contributed by atoms with Crippen molar-refractivity contribution in [3.8, 4) is 0 Å². The molecule has 1 unspecified atom stereocenters. The Morgan fingerprint density at radius 2 is 2.26 bits per heavy atom. The van der Waals surface area contributed by atoms with Gasteiger partial charge in [0.1, 0.15) is 17.3 Å². The summed E-state index contributed by atoms with van der Waals surface area (Å²) in [6.45, 7) is 2.96. The highest BCUT2D eigenvalue weighted by atomic mass is 35.5. The van der Waals surface area contributed by atoms with E-state index in [1.54, 1.807) is 18.6 Å². The molecule has 19 heavy (non-hydrogen) atoms. The number of halogens is 1. The molecule has 0 radical (unpaired) electrons. The number of nitrogens with zero attached hydrogens (tertiary/aromatic N) is 4. The van der Waals surface area contributed by atoms with Gasteiger partial charge < -0.3 is 0 Å². The van der Waals surface area contributed by atoms with E-state index in [0.29, 0.717) is 11.6 Å². The number of rotatable bonds is 6. The molecule has 0 fully saturated rings. The van der Waals surface area contributed by atoms with Crippen LogP contribution in [0.4, 0.5) is 0 Å². The summed E-state index contributed by atoms with van der Waals surface area (Å²) in [6, 6.07) is 3.59. The van der Waals surface area contributed by atoms with E-state index in [1.807, 2.05) is 10.7 Å². The summed E-state index contributed by atoms with van der Waals surface area (Å²) in [5, 5.41) is 4.67. The molecular weight excluding hydrogens is 264 g/mol. The number of hydrazine groups is 1. The van der Waals surface area contributed by atoms with Gasteiger partial charge in [-0.3, -0.25) is 16.0 Å². The highest BCUT2D eigenvalue weighted by Crippen LogP contribution is 2.17. The quantitative estimate of drug-likeness (QED) is 0.476. The van der Waals surface area contributed by atoms with Crippen LogP contribution in [0, 0.1) is 0 Å². The molecule has 7 heteroatoms. The van der Waals surface area contributed by atoms with Crippen LogP contribution in [0.5, 0.6) is 0 Å². The normalized spacial score (nSPS) is 12.6. The van der Waals surface area contributed by atoms with Crippen LogP contribution in [-0.4, -0.2) is 19.7 Å². The predicted molar refractivity (Wildman–Crippen MR) is 73.3 cm³/mol. The molecule has 102 valence electrons. The van der Waals surface area contributed by atoms with E-state index in [9.17, 15) is 0 Å². The number of hydrogen-bond donors (Lipinski definition) is 2. The highest BCUT2D eigenvalue weighted by Gasteiger charge is 2.14. The Kier molecular flexibility index (Phi) is 4.84. The minimum atomic E-state index is -0.0652. The molecule has 0 aliphatic heterocycles. The Morgan fingerprint density at radius 3 is 2.89 bits per heavy atom. The van der Waals surface area contributed by atoms with Gasteiger partial charge in [-0.25, -0.2) is 9.97 Å². The van der Waals surface area contributed by atoms with Crippen molar-refractivity contribution < 1.29 is 0 Å². The zero-order valence-corrected chi connectivity index (χ0v) is 11.5. The van der Waals surface area contributed by atoms with Gasteiger partial charge in [-0.1, -0.05) is 24.6 Å². The molecule has 0 aliphatic carbocycles. The first-order valence-corrected chi connectivity index (χ1v) is 6.56. The van der Waals surface area contributed by atoms with Crippen LogP contribution in [0.2, 0.25) is 5.15 Å². The van der Waals surface area contributed by atoms with Gasteiger partial charge in [0.25, 0.3) is 0 Å². The summed E-state index contributed by atoms with van der Waals surface area (Å²) in [5.74, 6) is 6.52.